The second kappa shape index (κ2) is 7.26. The van der Waals surface area contributed by atoms with Crippen molar-refractivity contribution in [1.82, 2.24) is 5.16 Å². The van der Waals surface area contributed by atoms with Crippen LogP contribution in [0.1, 0.15) is 12.2 Å². The molecule has 7 heteroatoms. The van der Waals surface area contributed by atoms with E-state index in [1.54, 1.807) is 37.3 Å². The van der Waals surface area contributed by atoms with Gasteiger partial charge in [-0.15, -0.1) is 0 Å². The van der Waals surface area contributed by atoms with Gasteiger partial charge in [-0.05, 0) is 19.1 Å². The topological polar surface area (TPSA) is 92.9 Å². The first-order valence-corrected chi connectivity index (χ1v) is 6.69. The number of carboxylic acid groups (broad SMARTS) is 1. The molecule has 0 fully saturated rings. The SMILES string of the molecule is Cc1cc(N(CCC(=O)O)C(=O)COc2ccccc2)no1. The van der Waals surface area contributed by atoms with E-state index in [9.17, 15) is 9.59 Å². The standard InChI is InChI=1S/C15H16N2O5/c1-11-9-13(16-22-11)17(8-7-15(19)20)14(18)10-21-12-5-3-2-4-6-12/h2-6,9H,7-8,10H2,1H3,(H,19,20). The number of aryl methyl sites for hydroxylation is 1. The minimum atomic E-state index is -0.998. The summed E-state index contributed by atoms with van der Waals surface area (Å²) in [5, 5.41) is 12.5. The maximum absolute atomic E-state index is 12.3. The number of aromatic nitrogens is 1. The summed E-state index contributed by atoms with van der Waals surface area (Å²) < 4.78 is 10.3. The predicted octanol–water partition coefficient (Wildman–Crippen LogP) is 1.87. The number of anilines is 1. The lowest BCUT2D eigenvalue weighted by molar-refractivity contribution is -0.136. The van der Waals surface area contributed by atoms with Crippen LogP contribution in [0.2, 0.25) is 0 Å². The summed E-state index contributed by atoms with van der Waals surface area (Å²) in [6, 6.07) is 10.5. The molecule has 1 aromatic heterocycles. The number of rotatable bonds is 7. The number of carbonyl (C=O) groups excluding carboxylic acids is 1. The summed E-state index contributed by atoms with van der Waals surface area (Å²) in [6.07, 6.45) is -0.191. The number of aliphatic carboxylic acids is 1. The van der Waals surface area contributed by atoms with Crippen molar-refractivity contribution < 1.29 is 24.0 Å². The first-order chi connectivity index (χ1) is 10.6. The lowest BCUT2D eigenvalue weighted by Crippen LogP contribution is -2.36. The number of hydrogen-bond donors (Lipinski definition) is 1. The lowest BCUT2D eigenvalue weighted by atomic mass is 10.3. The lowest BCUT2D eigenvalue weighted by Gasteiger charge is -2.18. The molecule has 116 valence electrons. The van der Waals surface area contributed by atoms with E-state index in [1.165, 1.54) is 4.90 Å². The Hall–Kier alpha value is -2.83. The number of benzene rings is 1. The Kier molecular flexibility index (Phi) is 5.13. The number of ether oxygens (including phenoxy) is 1. The Bertz CT molecular complexity index is 638. The molecule has 0 saturated heterocycles. The summed E-state index contributed by atoms with van der Waals surface area (Å²) in [4.78, 5) is 24.2. The molecule has 1 aromatic carbocycles. The van der Waals surface area contributed by atoms with Gasteiger partial charge < -0.3 is 14.4 Å². The largest absolute Gasteiger partial charge is 0.484 e. The first-order valence-electron chi connectivity index (χ1n) is 6.69. The van der Waals surface area contributed by atoms with Crippen molar-refractivity contribution in [3.8, 4) is 5.75 Å². The molecule has 0 aliphatic carbocycles. The highest BCUT2D eigenvalue weighted by molar-refractivity contribution is 5.94. The third-order valence-electron chi connectivity index (χ3n) is 2.85. The fourth-order valence-electron chi connectivity index (χ4n) is 1.79. The molecule has 0 saturated carbocycles. The van der Waals surface area contributed by atoms with E-state index >= 15 is 0 Å². The summed E-state index contributed by atoms with van der Waals surface area (Å²) in [5.74, 6) is -0.0155. The van der Waals surface area contributed by atoms with Gasteiger partial charge in [0.1, 0.15) is 11.5 Å². The highest BCUT2D eigenvalue weighted by Crippen LogP contribution is 2.15. The molecule has 1 N–H and O–H groups in total. The molecule has 0 unspecified atom stereocenters. The summed E-state index contributed by atoms with van der Waals surface area (Å²) in [7, 11) is 0. The van der Waals surface area contributed by atoms with E-state index in [-0.39, 0.29) is 25.4 Å². The summed E-state index contributed by atoms with van der Waals surface area (Å²) >= 11 is 0. The third kappa shape index (κ3) is 4.34. The Morgan fingerprint density at radius 1 is 1.32 bits per heavy atom. The Morgan fingerprint density at radius 3 is 2.64 bits per heavy atom. The van der Waals surface area contributed by atoms with Crippen molar-refractivity contribution in [2.24, 2.45) is 0 Å². The van der Waals surface area contributed by atoms with Crippen molar-refractivity contribution in [2.45, 2.75) is 13.3 Å². The minimum absolute atomic E-state index is 0.00170. The predicted molar refractivity (Wildman–Crippen MR) is 77.8 cm³/mol. The van der Waals surface area contributed by atoms with E-state index in [2.05, 4.69) is 5.16 Å². The molecule has 0 aliphatic rings. The van der Waals surface area contributed by atoms with Gasteiger partial charge in [-0.2, -0.15) is 0 Å². The van der Waals surface area contributed by atoms with E-state index in [0.717, 1.165) is 0 Å². The Balaban J connectivity index is 2.03. The van der Waals surface area contributed by atoms with Crippen LogP contribution in [0.5, 0.6) is 5.75 Å². The molecule has 7 nitrogen and oxygen atoms in total. The second-order valence-electron chi connectivity index (χ2n) is 4.59. The van der Waals surface area contributed by atoms with Crippen LogP contribution in [0.25, 0.3) is 0 Å². The van der Waals surface area contributed by atoms with Gasteiger partial charge in [0.25, 0.3) is 5.91 Å². The van der Waals surface area contributed by atoms with E-state index < -0.39 is 11.9 Å². The van der Waals surface area contributed by atoms with Gasteiger partial charge in [-0.1, -0.05) is 23.4 Å². The van der Waals surface area contributed by atoms with Crippen LogP contribution in [0.15, 0.2) is 40.9 Å². The third-order valence-corrected chi connectivity index (χ3v) is 2.85. The zero-order valence-corrected chi connectivity index (χ0v) is 12.1. The van der Waals surface area contributed by atoms with Gasteiger partial charge in [0.15, 0.2) is 12.4 Å². The maximum Gasteiger partial charge on any atom is 0.305 e. The highest BCUT2D eigenvalue weighted by Gasteiger charge is 2.20. The molecule has 1 amide bonds. The van der Waals surface area contributed by atoms with Crippen LogP contribution in [0.4, 0.5) is 5.82 Å². The average molecular weight is 304 g/mol. The molecule has 2 rings (SSSR count). The van der Waals surface area contributed by atoms with Crippen LogP contribution in [0.3, 0.4) is 0 Å². The van der Waals surface area contributed by atoms with Crippen LogP contribution < -0.4 is 9.64 Å². The van der Waals surface area contributed by atoms with Crippen molar-refractivity contribution in [1.29, 1.82) is 0 Å². The average Bonchev–Trinajstić information content (AvgIpc) is 2.92. The van der Waals surface area contributed by atoms with E-state index in [0.29, 0.717) is 11.5 Å². The number of hydrogen-bond acceptors (Lipinski definition) is 5. The van der Waals surface area contributed by atoms with Gasteiger partial charge in [0.05, 0.1) is 6.42 Å². The van der Waals surface area contributed by atoms with Gasteiger partial charge in [-0.3, -0.25) is 14.5 Å². The second-order valence-corrected chi connectivity index (χ2v) is 4.59. The monoisotopic (exact) mass is 304 g/mol. The highest BCUT2D eigenvalue weighted by atomic mass is 16.5. The number of amides is 1. The van der Waals surface area contributed by atoms with Gasteiger partial charge in [-0.25, -0.2) is 0 Å². The fourth-order valence-corrected chi connectivity index (χ4v) is 1.79. The Labute approximate surface area is 127 Å². The quantitative estimate of drug-likeness (QED) is 0.839. The summed E-state index contributed by atoms with van der Waals surface area (Å²) in [6.45, 7) is 1.48. The molecule has 0 bridgehead atoms. The molecule has 2 aromatic rings. The number of nitrogens with zero attached hydrogens (tertiary/aromatic N) is 2. The van der Waals surface area contributed by atoms with Crippen molar-refractivity contribution in [3.63, 3.8) is 0 Å². The molecule has 22 heavy (non-hydrogen) atoms. The minimum Gasteiger partial charge on any atom is -0.484 e. The molecule has 0 radical (unpaired) electrons. The molecule has 0 spiro atoms. The van der Waals surface area contributed by atoms with Crippen LogP contribution in [-0.2, 0) is 9.59 Å². The van der Waals surface area contributed by atoms with Gasteiger partial charge in [0.2, 0.25) is 0 Å². The Morgan fingerprint density at radius 2 is 2.05 bits per heavy atom. The molecule has 1 heterocycles. The molecular formula is C15H16N2O5. The van der Waals surface area contributed by atoms with E-state index in [1.807, 2.05) is 6.07 Å². The van der Waals surface area contributed by atoms with Gasteiger partial charge in [0, 0.05) is 12.6 Å². The normalized spacial score (nSPS) is 10.2. The summed E-state index contributed by atoms with van der Waals surface area (Å²) in [5.41, 5.74) is 0. The maximum atomic E-state index is 12.3. The molecule has 0 atom stereocenters. The van der Waals surface area contributed by atoms with Crippen molar-refractivity contribution in [2.75, 3.05) is 18.1 Å². The first kappa shape index (κ1) is 15.6. The van der Waals surface area contributed by atoms with Crippen LogP contribution in [-0.4, -0.2) is 35.3 Å². The van der Waals surface area contributed by atoms with Crippen LogP contribution >= 0.6 is 0 Å². The molecular weight excluding hydrogens is 288 g/mol. The van der Waals surface area contributed by atoms with Gasteiger partial charge >= 0.3 is 5.97 Å². The zero-order chi connectivity index (χ0) is 15.9. The number of carboxylic acids is 1. The van der Waals surface area contributed by atoms with E-state index in [4.69, 9.17) is 14.4 Å². The van der Waals surface area contributed by atoms with Crippen molar-refractivity contribution >= 4 is 17.7 Å². The van der Waals surface area contributed by atoms with Crippen LogP contribution in [0, 0.1) is 6.92 Å². The number of para-hydroxylation sites is 1. The smallest absolute Gasteiger partial charge is 0.305 e. The fraction of sp³-hybridized carbons (Fsp3) is 0.267. The zero-order valence-electron chi connectivity index (χ0n) is 12.1. The molecule has 0 aliphatic heterocycles. The number of carbonyl (C=O) groups is 2. The van der Waals surface area contributed by atoms with Crippen molar-refractivity contribution in [3.05, 3.63) is 42.2 Å².